The Hall–Kier alpha value is 1.75. The lowest BCUT2D eigenvalue weighted by Crippen LogP contribution is -2.28. The van der Waals surface area contributed by atoms with Crippen molar-refractivity contribution in [1.29, 1.82) is 0 Å². The Morgan fingerprint density at radius 2 is 1.60 bits per heavy atom. The Balaban J connectivity index is 1.67. The first-order valence-corrected chi connectivity index (χ1v) is 10.8. The van der Waals surface area contributed by atoms with Crippen molar-refractivity contribution in [2.24, 2.45) is 0 Å². The third-order valence-electron chi connectivity index (χ3n) is 2.36. The molecule has 0 spiro atoms. The Kier molecular flexibility index (Phi) is 6.37. The fraction of sp³-hybridized carbons (Fsp3) is 1.00. The molecule has 0 saturated carbocycles. The van der Waals surface area contributed by atoms with E-state index in [-0.39, 0.29) is 0 Å². The predicted octanol–water partition coefficient (Wildman–Crippen LogP) is 3.76. The van der Waals surface area contributed by atoms with Gasteiger partial charge in [-0.2, -0.15) is 35.3 Å². The highest BCUT2D eigenvalue weighted by molar-refractivity contribution is 8.21. The van der Waals surface area contributed by atoms with Crippen LogP contribution in [0.1, 0.15) is 6.92 Å². The van der Waals surface area contributed by atoms with Crippen LogP contribution in [0, 0.1) is 0 Å². The summed E-state index contributed by atoms with van der Waals surface area (Å²) in [4.78, 5) is 0. The average Bonchev–Trinajstić information content (AvgIpc) is 2.11. The first kappa shape index (κ1) is 13.2. The lowest BCUT2D eigenvalue weighted by molar-refractivity contribution is 1.06. The summed E-state index contributed by atoms with van der Waals surface area (Å²) in [5.41, 5.74) is 0. The molecule has 0 atom stereocenters. The van der Waals surface area contributed by atoms with E-state index in [1.165, 1.54) is 34.5 Å². The molecule has 0 aliphatic carbocycles. The molecule has 0 bridgehead atoms. The summed E-state index contributed by atoms with van der Waals surface area (Å²) < 4.78 is 0.867. The van der Waals surface area contributed by atoms with Crippen molar-refractivity contribution in [2.75, 3.05) is 34.5 Å². The molecule has 88 valence electrons. The summed E-state index contributed by atoms with van der Waals surface area (Å²) in [7, 11) is 0. The van der Waals surface area contributed by atoms with Gasteiger partial charge >= 0.3 is 0 Å². The Bertz CT molecular complexity index is 163. The minimum Gasteiger partial charge on any atom is -0.160 e. The number of hydrogen-bond donors (Lipinski definition) is 0. The van der Waals surface area contributed by atoms with Crippen LogP contribution in [0.5, 0.6) is 0 Å². The van der Waals surface area contributed by atoms with Gasteiger partial charge in [-0.25, -0.2) is 0 Å². The van der Waals surface area contributed by atoms with Crippen LogP contribution in [0.3, 0.4) is 0 Å². The van der Waals surface area contributed by atoms with Gasteiger partial charge in [0.2, 0.25) is 0 Å². The summed E-state index contributed by atoms with van der Waals surface area (Å²) in [5, 5.41) is 1.94. The zero-order valence-corrected chi connectivity index (χ0v) is 13.1. The number of hydrogen-bond acceptors (Lipinski definition) is 5. The quantitative estimate of drug-likeness (QED) is 0.654. The maximum absolute atomic E-state index is 2.27. The van der Waals surface area contributed by atoms with E-state index in [0.29, 0.717) is 0 Å². The van der Waals surface area contributed by atoms with E-state index >= 15 is 0 Å². The molecule has 0 unspecified atom stereocenters. The van der Waals surface area contributed by atoms with E-state index in [4.69, 9.17) is 0 Å². The molecule has 2 aliphatic rings. The first-order valence-electron chi connectivity index (χ1n) is 5.42. The maximum atomic E-state index is 2.27. The molecule has 0 aromatic heterocycles. The van der Waals surface area contributed by atoms with Crippen LogP contribution in [-0.4, -0.2) is 49.6 Å². The number of thioether (sulfide) groups is 5. The SMILES string of the molecule is CCSCC(SC1CSC1)SC1CSC1. The first-order chi connectivity index (χ1) is 7.38. The molecule has 0 aromatic rings. The molecule has 0 amide bonds. The second-order valence-corrected chi connectivity index (χ2v) is 10.5. The molecule has 0 N–H and O–H groups in total. The van der Waals surface area contributed by atoms with Crippen molar-refractivity contribution in [2.45, 2.75) is 22.0 Å². The third-order valence-corrected chi connectivity index (χ3v) is 10.2. The molecule has 2 rings (SSSR count). The molecule has 2 aliphatic heterocycles. The highest BCUT2D eigenvalue weighted by Crippen LogP contribution is 2.42. The van der Waals surface area contributed by atoms with Crippen LogP contribution in [0.2, 0.25) is 0 Å². The summed E-state index contributed by atoms with van der Waals surface area (Å²) in [6, 6.07) is 0. The van der Waals surface area contributed by atoms with Crippen LogP contribution in [0.25, 0.3) is 0 Å². The van der Waals surface area contributed by atoms with Crippen molar-refractivity contribution in [3.05, 3.63) is 0 Å². The van der Waals surface area contributed by atoms with Crippen LogP contribution < -0.4 is 0 Å². The van der Waals surface area contributed by atoms with Crippen molar-refractivity contribution in [3.63, 3.8) is 0 Å². The van der Waals surface area contributed by atoms with Gasteiger partial charge in [-0.05, 0) is 5.75 Å². The molecule has 2 heterocycles. The molecule has 0 radical (unpaired) electrons. The van der Waals surface area contributed by atoms with Gasteiger partial charge in [0.25, 0.3) is 0 Å². The monoisotopic (exact) mass is 298 g/mol. The zero-order chi connectivity index (χ0) is 10.5. The summed E-state index contributed by atoms with van der Waals surface area (Å²) in [6.45, 7) is 2.27. The fourth-order valence-corrected chi connectivity index (χ4v) is 8.30. The van der Waals surface area contributed by atoms with Crippen molar-refractivity contribution in [1.82, 2.24) is 0 Å². The predicted molar refractivity (Wildman–Crippen MR) is 84.2 cm³/mol. The normalized spacial score (nSPS) is 22.8. The molecule has 15 heavy (non-hydrogen) atoms. The van der Waals surface area contributed by atoms with Gasteiger partial charge in [0.1, 0.15) is 0 Å². The van der Waals surface area contributed by atoms with Gasteiger partial charge in [0.05, 0.1) is 4.58 Å². The minimum atomic E-state index is 0.867. The summed E-state index contributed by atoms with van der Waals surface area (Å²) in [5.74, 6) is 8.23. The van der Waals surface area contributed by atoms with Gasteiger partial charge < -0.3 is 0 Å². The highest BCUT2D eigenvalue weighted by atomic mass is 32.2. The second kappa shape index (κ2) is 7.24. The second-order valence-electron chi connectivity index (χ2n) is 3.68. The minimum absolute atomic E-state index is 0.867. The lowest BCUT2D eigenvalue weighted by Gasteiger charge is -2.32. The summed E-state index contributed by atoms with van der Waals surface area (Å²) in [6.07, 6.45) is 0. The molecule has 2 saturated heterocycles. The van der Waals surface area contributed by atoms with Gasteiger partial charge in [0, 0.05) is 39.3 Å². The smallest absolute Gasteiger partial charge is 0.0599 e. The Morgan fingerprint density at radius 3 is 1.93 bits per heavy atom. The van der Waals surface area contributed by atoms with Crippen LogP contribution in [0.15, 0.2) is 0 Å². The fourth-order valence-electron chi connectivity index (χ4n) is 1.34. The summed E-state index contributed by atoms with van der Waals surface area (Å²) >= 11 is 10.9. The van der Waals surface area contributed by atoms with Crippen LogP contribution in [-0.2, 0) is 0 Å². The van der Waals surface area contributed by atoms with E-state index in [1.54, 1.807) is 0 Å². The average molecular weight is 299 g/mol. The van der Waals surface area contributed by atoms with Crippen molar-refractivity contribution in [3.8, 4) is 0 Å². The molecular weight excluding hydrogens is 280 g/mol. The van der Waals surface area contributed by atoms with E-state index in [2.05, 4.69) is 65.7 Å². The topological polar surface area (TPSA) is 0 Å². The molecule has 2 fully saturated rings. The molecule has 0 nitrogen and oxygen atoms in total. The maximum Gasteiger partial charge on any atom is 0.0599 e. The van der Waals surface area contributed by atoms with Crippen molar-refractivity contribution < 1.29 is 0 Å². The number of rotatable bonds is 7. The molecule has 0 aromatic carbocycles. The standard InChI is InChI=1S/C10H18S5/c1-2-11-7-10(14-8-3-12-4-8)15-9-5-13-6-9/h8-10H,2-7H2,1H3. The van der Waals surface area contributed by atoms with Gasteiger partial charge in [0.15, 0.2) is 0 Å². The lowest BCUT2D eigenvalue weighted by atomic mass is 10.5. The highest BCUT2D eigenvalue weighted by Gasteiger charge is 2.28. The zero-order valence-electron chi connectivity index (χ0n) is 9.02. The molecular formula is C10H18S5. The van der Waals surface area contributed by atoms with E-state index < -0.39 is 0 Å². The van der Waals surface area contributed by atoms with E-state index in [1.807, 2.05) is 0 Å². The third kappa shape index (κ3) is 4.49. The largest absolute Gasteiger partial charge is 0.160 e. The van der Waals surface area contributed by atoms with Crippen LogP contribution >= 0.6 is 58.8 Å². The molecule has 5 heteroatoms. The van der Waals surface area contributed by atoms with Crippen LogP contribution in [0.4, 0.5) is 0 Å². The van der Waals surface area contributed by atoms with Crippen molar-refractivity contribution >= 4 is 58.8 Å². The van der Waals surface area contributed by atoms with Gasteiger partial charge in [-0.15, -0.1) is 23.5 Å². The van der Waals surface area contributed by atoms with Gasteiger partial charge in [-0.3, -0.25) is 0 Å². The van der Waals surface area contributed by atoms with Gasteiger partial charge in [-0.1, -0.05) is 6.92 Å². The van der Waals surface area contributed by atoms with E-state index in [0.717, 1.165) is 15.1 Å². The van der Waals surface area contributed by atoms with E-state index in [9.17, 15) is 0 Å². The Labute approximate surface area is 115 Å². The Morgan fingerprint density at radius 1 is 1.07 bits per heavy atom.